The van der Waals surface area contributed by atoms with Gasteiger partial charge in [0.05, 0.1) is 18.0 Å². The minimum absolute atomic E-state index is 0.0206. The van der Waals surface area contributed by atoms with Crippen molar-refractivity contribution < 1.29 is 18.0 Å². The molecule has 2 aromatic carbocycles. The molecule has 0 saturated carbocycles. The van der Waals surface area contributed by atoms with Crippen molar-refractivity contribution in [2.75, 3.05) is 33.2 Å². The maximum Gasteiger partial charge on any atom is 0.244 e. The number of primary amides is 1. The summed E-state index contributed by atoms with van der Waals surface area (Å²) in [4.78, 5) is 32.9. The molecular formula is C24H28ClN5O4S2. The number of thiazole rings is 1. The van der Waals surface area contributed by atoms with Gasteiger partial charge in [0.2, 0.25) is 21.8 Å². The minimum atomic E-state index is -4.15. The van der Waals surface area contributed by atoms with Crippen LogP contribution in [0.1, 0.15) is 23.6 Å². The van der Waals surface area contributed by atoms with Crippen LogP contribution in [0, 0.1) is 0 Å². The summed E-state index contributed by atoms with van der Waals surface area (Å²) >= 11 is 7.66. The molecule has 0 spiro atoms. The van der Waals surface area contributed by atoms with Crippen LogP contribution in [-0.4, -0.2) is 67.2 Å². The number of nitrogens with two attached hydrogens (primary N) is 1. The second-order valence-electron chi connectivity index (χ2n) is 8.80. The van der Waals surface area contributed by atoms with E-state index >= 15 is 0 Å². The van der Waals surface area contributed by atoms with Crippen molar-refractivity contribution in [1.82, 2.24) is 13.8 Å². The first kappa shape index (κ1) is 26.3. The largest absolute Gasteiger partial charge is 0.369 e. The van der Waals surface area contributed by atoms with Crippen molar-refractivity contribution in [3.8, 4) is 0 Å². The van der Waals surface area contributed by atoms with Crippen molar-refractivity contribution in [1.29, 1.82) is 0 Å². The van der Waals surface area contributed by atoms with Gasteiger partial charge < -0.3 is 15.2 Å². The van der Waals surface area contributed by atoms with E-state index < -0.39 is 29.0 Å². The number of likely N-dealkylation sites (tertiary alicyclic amines) is 1. The van der Waals surface area contributed by atoms with E-state index in [1.807, 2.05) is 11.6 Å². The highest BCUT2D eigenvalue weighted by molar-refractivity contribution is 7.89. The average Bonchev–Trinajstić information content (AvgIpc) is 3.23. The molecule has 2 heterocycles. The van der Waals surface area contributed by atoms with Crippen LogP contribution in [0.25, 0.3) is 10.8 Å². The topological polar surface area (TPSA) is 118 Å². The van der Waals surface area contributed by atoms with Gasteiger partial charge in [0, 0.05) is 43.3 Å². The number of benzene rings is 2. The lowest BCUT2D eigenvalue weighted by atomic mass is 9.95. The van der Waals surface area contributed by atoms with Gasteiger partial charge in [-0.1, -0.05) is 23.7 Å². The Morgan fingerprint density at radius 1 is 1.14 bits per heavy atom. The van der Waals surface area contributed by atoms with Gasteiger partial charge >= 0.3 is 0 Å². The van der Waals surface area contributed by atoms with Crippen molar-refractivity contribution in [2.45, 2.75) is 23.7 Å². The van der Waals surface area contributed by atoms with Crippen LogP contribution >= 0.6 is 22.9 Å². The van der Waals surface area contributed by atoms with Crippen LogP contribution in [0.4, 0.5) is 0 Å². The molecule has 1 aliphatic heterocycles. The summed E-state index contributed by atoms with van der Waals surface area (Å²) < 4.78 is 29.7. The fourth-order valence-corrected chi connectivity index (χ4v) is 7.09. The van der Waals surface area contributed by atoms with Gasteiger partial charge in [-0.25, -0.2) is 8.42 Å². The van der Waals surface area contributed by atoms with Gasteiger partial charge in [0.15, 0.2) is 4.80 Å². The smallest absolute Gasteiger partial charge is 0.244 e. The predicted molar refractivity (Wildman–Crippen MR) is 140 cm³/mol. The fourth-order valence-electron chi connectivity index (χ4n) is 4.41. The standard InChI is InChI=1S/C24H28ClN5O4S2/c1-27-24-28(2)13-21(35-24)16-7-9-29(10-8-16)23(32)15-30(14-22(26)31)36(33,34)20-6-4-17-11-19(25)5-3-18(17)12-20/h3-6,11-13,16H,7-10,14-15H2,1-2H3,(H2,26,31)/b27-24-. The summed E-state index contributed by atoms with van der Waals surface area (Å²) in [6, 6.07) is 9.71. The molecule has 9 nitrogen and oxygen atoms in total. The van der Waals surface area contributed by atoms with E-state index in [1.54, 1.807) is 47.5 Å². The molecule has 12 heteroatoms. The second-order valence-corrected chi connectivity index (χ2v) is 12.2. The summed E-state index contributed by atoms with van der Waals surface area (Å²) in [6.07, 6.45) is 3.62. The van der Waals surface area contributed by atoms with Crippen molar-refractivity contribution >= 4 is 55.5 Å². The molecular weight excluding hydrogens is 522 g/mol. The third-order valence-electron chi connectivity index (χ3n) is 6.33. The van der Waals surface area contributed by atoms with Crippen LogP contribution < -0.4 is 10.5 Å². The fraction of sp³-hybridized carbons (Fsp3) is 0.375. The molecule has 192 valence electrons. The maximum atomic E-state index is 13.4. The molecule has 36 heavy (non-hydrogen) atoms. The molecule has 0 bridgehead atoms. The molecule has 1 fully saturated rings. The molecule has 4 rings (SSSR count). The van der Waals surface area contributed by atoms with Crippen LogP contribution in [-0.2, 0) is 26.7 Å². The summed E-state index contributed by atoms with van der Waals surface area (Å²) in [5.74, 6) is -0.871. The van der Waals surface area contributed by atoms with Gasteiger partial charge in [-0.05, 0) is 53.8 Å². The Balaban J connectivity index is 1.49. The monoisotopic (exact) mass is 549 g/mol. The molecule has 1 aromatic heterocycles. The molecule has 0 unspecified atom stereocenters. The summed E-state index contributed by atoms with van der Waals surface area (Å²) in [7, 11) is -0.432. The lowest BCUT2D eigenvalue weighted by Crippen LogP contribution is -2.47. The number of carbonyl (C=O) groups excluding carboxylic acids is 2. The molecule has 0 aliphatic carbocycles. The molecule has 1 aliphatic rings. The first-order valence-corrected chi connectivity index (χ1v) is 14.1. The molecule has 0 atom stereocenters. The Labute approximate surface area is 218 Å². The van der Waals surface area contributed by atoms with E-state index in [9.17, 15) is 18.0 Å². The number of amides is 2. The third-order valence-corrected chi connectivity index (χ3v) is 9.68. The number of nitrogens with zero attached hydrogens (tertiary/aromatic N) is 4. The number of fused-ring (bicyclic) bond motifs is 1. The number of halogens is 1. The Morgan fingerprint density at radius 3 is 2.44 bits per heavy atom. The third kappa shape index (κ3) is 5.64. The first-order chi connectivity index (χ1) is 17.1. The Hall–Kier alpha value is -2.73. The highest BCUT2D eigenvalue weighted by Gasteiger charge is 2.32. The normalized spacial score (nSPS) is 15.7. The zero-order valence-electron chi connectivity index (χ0n) is 20.1. The Bertz CT molecular complexity index is 1470. The Kier molecular flexibility index (Phi) is 7.84. The number of sulfonamides is 1. The van der Waals surface area contributed by atoms with Crippen LogP contribution in [0.5, 0.6) is 0 Å². The second kappa shape index (κ2) is 10.7. The summed E-state index contributed by atoms with van der Waals surface area (Å²) in [6.45, 7) is -0.0323. The maximum absolute atomic E-state index is 13.4. The van der Waals surface area contributed by atoms with Gasteiger partial charge in [0.25, 0.3) is 0 Å². The van der Waals surface area contributed by atoms with Gasteiger partial charge in [0.1, 0.15) is 0 Å². The number of carbonyl (C=O) groups is 2. The number of hydrogen-bond acceptors (Lipinski definition) is 6. The van der Waals surface area contributed by atoms with E-state index in [1.165, 1.54) is 17.0 Å². The van der Waals surface area contributed by atoms with Crippen molar-refractivity contribution in [2.24, 2.45) is 17.8 Å². The minimum Gasteiger partial charge on any atom is -0.369 e. The van der Waals surface area contributed by atoms with Crippen LogP contribution in [0.2, 0.25) is 5.02 Å². The summed E-state index contributed by atoms with van der Waals surface area (Å²) in [5, 5.41) is 1.99. The molecule has 3 aromatic rings. The van der Waals surface area contributed by atoms with E-state index in [0.29, 0.717) is 29.4 Å². The van der Waals surface area contributed by atoms with Gasteiger partial charge in [-0.3, -0.25) is 14.6 Å². The molecule has 2 N–H and O–H groups in total. The first-order valence-electron chi connectivity index (χ1n) is 11.4. The van der Waals surface area contributed by atoms with Gasteiger partial charge in [-0.15, -0.1) is 11.3 Å². The number of piperidine rings is 1. The van der Waals surface area contributed by atoms with E-state index in [-0.39, 0.29) is 10.8 Å². The number of aryl methyl sites for hydroxylation is 1. The zero-order valence-corrected chi connectivity index (χ0v) is 22.4. The molecule has 2 amide bonds. The van der Waals surface area contributed by atoms with E-state index in [2.05, 4.69) is 11.2 Å². The summed E-state index contributed by atoms with van der Waals surface area (Å²) in [5.41, 5.74) is 5.34. The predicted octanol–water partition coefficient (Wildman–Crippen LogP) is 2.31. The molecule has 0 radical (unpaired) electrons. The number of rotatable bonds is 7. The zero-order chi connectivity index (χ0) is 26.0. The van der Waals surface area contributed by atoms with Crippen molar-refractivity contribution in [3.63, 3.8) is 0 Å². The lowest BCUT2D eigenvalue weighted by molar-refractivity contribution is -0.132. The number of aromatic nitrogens is 1. The van der Waals surface area contributed by atoms with Crippen molar-refractivity contribution in [3.05, 3.63) is 57.3 Å². The SMILES string of the molecule is C/N=c1\sc(C2CCN(C(=O)CN(CC(N)=O)S(=O)(=O)c3ccc4cc(Cl)ccc4c3)CC2)cn1C. The van der Waals surface area contributed by atoms with Gasteiger partial charge in [-0.2, -0.15) is 4.31 Å². The highest BCUT2D eigenvalue weighted by Crippen LogP contribution is 2.30. The molecule has 1 saturated heterocycles. The quantitative estimate of drug-likeness (QED) is 0.486. The van der Waals surface area contributed by atoms with Crippen LogP contribution in [0.3, 0.4) is 0 Å². The van der Waals surface area contributed by atoms with E-state index in [0.717, 1.165) is 27.3 Å². The van der Waals surface area contributed by atoms with E-state index in [4.69, 9.17) is 17.3 Å². The Morgan fingerprint density at radius 2 is 1.81 bits per heavy atom. The lowest BCUT2D eigenvalue weighted by Gasteiger charge is -2.33. The van der Waals surface area contributed by atoms with Crippen LogP contribution in [0.15, 0.2) is 52.5 Å². The highest BCUT2D eigenvalue weighted by atomic mass is 35.5. The number of hydrogen-bond donors (Lipinski definition) is 1. The average molecular weight is 550 g/mol.